The van der Waals surface area contributed by atoms with Crippen LogP contribution in [0.1, 0.15) is 16.1 Å². The Kier molecular flexibility index (Phi) is 5.24. The van der Waals surface area contributed by atoms with Crippen molar-refractivity contribution in [1.29, 1.82) is 0 Å². The normalized spacial score (nSPS) is 10.7. The molecule has 0 spiro atoms. The second-order valence-corrected chi connectivity index (χ2v) is 7.26. The van der Waals surface area contributed by atoms with Gasteiger partial charge in [-0.25, -0.2) is 0 Å². The third-order valence-corrected chi connectivity index (χ3v) is 5.06. The molecule has 128 valence electrons. The predicted octanol–water partition coefficient (Wildman–Crippen LogP) is 4.37. The Morgan fingerprint density at radius 1 is 1.12 bits per heavy atom. The van der Waals surface area contributed by atoms with Crippen LogP contribution in [0.2, 0.25) is 0 Å². The monoisotopic (exact) mass is 463 g/mol. The molecule has 3 N–H and O–H groups in total. The molecule has 7 heteroatoms. The molecule has 0 aliphatic rings. The summed E-state index contributed by atoms with van der Waals surface area (Å²) in [5, 5.41) is 6.34. The minimum atomic E-state index is -0.342. The zero-order valence-electron chi connectivity index (χ0n) is 13.3. The standard InChI is InChI=1S/C18H15Br2N3O2/c1-10-8-11(19)6-7-13(10)22-15(24)9-21-18(25)17-16(20)12-4-2-3-5-14(12)23-17/h2-8,23H,9H2,1H3,(H,21,25)(H,22,24). The van der Waals surface area contributed by atoms with Crippen LogP contribution in [-0.4, -0.2) is 23.3 Å². The van der Waals surface area contributed by atoms with Crippen molar-refractivity contribution in [3.05, 3.63) is 62.7 Å². The van der Waals surface area contributed by atoms with Crippen molar-refractivity contribution in [2.45, 2.75) is 6.92 Å². The van der Waals surface area contributed by atoms with Crippen LogP contribution in [0.15, 0.2) is 51.4 Å². The molecule has 0 saturated carbocycles. The summed E-state index contributed by atoms with van der Waals surface area (Å²) in [6.45, 7) is 1.79. The van der Waals surface area contributed by atoms with E-state index >= 15 is 0 Å². The van der Waals surface area contributed by atoms with Crippen molar-refractivity contribution < 1.29 is 9.59 Å². The van der Waals surface area contributed by atoms with E-state index < -0.39 is 0 Å². The number of carbonyl (C=O) groups is 2. The lowest BCUT2D eigenvalue weighted by Gasteiger charge is -2.09. The smallest absolute Gasteiger partial charge is 0.269 e. The Morgan fingerprint density at radius 3 is 2.60 bits per heavy atom. The number of fused-ring (bicyclic) bond motifs is 1. The molecule has 0 unspecified atom stereocenters. The Bertz CT molecular complexity index is 966. The summed E-state index contributed by atoms with van der Waals surface area (Å²) < 4.78 is 1.63. The minimum Gasteiger partial charge on any atom is -0.350 e. The second-order valence-electron chi connectivity index (χ2n) is 5.55. The van der Waals surface area contributed by atoms with Crippen LogP contribution in [0, 0.1) is 6.92 Å². The maximum Gasteiger partial charge on any atom is 0.269 e. The molecule has 0 atom stereocenters. The molecule has 25 heavy (non-hydrogen) atoms. The molecular weight excluding hydrogens is 450 g/mol. The molecule has 0 aliphatic carbocycles. The molecule has 0 radical (unpaired) electrons. The van der Waals surface area contributed by atoms with Crippen molar-refractivity contribution >= 4 is 60.3 Å². The Hall–Kier alpha value is -2.12. The van der Waals surface area contributed by atoms with E-state index in [4.69, 9.17) is 0 Å². The van der Waals surface area contributed by atoms with Gasteiger partial charge in [-0.05, 0) is 52.7 Å². The van der Waals surface area contributed by atoms with Crippen LogP contribution in [0.3, 0.4) is 0 Å². The number of nitrogens with one attached hydrogen (secondary N) is 3. The number of aromatic nitrogens is 1. The van der Waals surface area contributed by atoms with Crippen molar-refractivity contribution in [2.75, 3.05) is 11.9 Å². The van der Waals surface area contributed by atoms with Crippen molar-refractivity contribution in [3.8, 4) is 0 Å². The Labute approximate surface area is 161 Å². The lowest BCUT2D eigenvalue weighted by molar-refractivity contribution is -0.115. The number of hydrogen-bond acceptors (Lipinski definition) is 2. The highest BCUT2D eigenvalue weighted by Crippen LogP contribution is 2.27. The van der Waals surface area contributed by atoms with Gasteiger partial charge in [-0.15, -0.1) is 0 Å². The molecule has 1 aromatic heterocycles. The lowest BCUT2D eigenvalue weighted by atomic mass is 10.2. The molecule has 5 nitrogen and oxygen atoms in total. The summed E-state index contributed by atoms with van der Waals surface area (Å²) in [6, 6.07) is 13.2. The Morgan fingerprint density at radius 2 is 1.88 bits per heavy atom. The number of benzene rings is 2. The molecule has 3 aromatic rings. The van der Waals surface area contributed by atoms with E-state index in [0.29, 0.717) is 15.9 Å². The first-order valence-corrected chi connectivity index (χ1v) is 9.14. The first-order valence-electron chi connectivity index (χ1n) is 7.56. The molecule has 1 heterocycles. The van der Waals surface area contributed by atoms with Gasteiger partial charge in [0.05, 0.1) is 11.0 Å². The van der Waals surface area contributed by atoms with Gasteiger partial charge >= 0.3 is 0 Å². The van der Waals surface area contributed by atoms with Crippen LogP contribution in [0.4, 0.5) is 5.69 Å². The number of rotatable bonds is 4. The van der Waals surface area contributed by atoms with Crippen LogP contribution in [-0.2, 0) is 4.79 Å². The minimum absolute atomic E-state index is 0.115. The van der Waals surface area contributed by atoms with Crippen LogP contribution < -0.4 is 10.6 Å². The van der Waals surface area contributed by atoms with Gasteiger partial charge in [0.1, 0.15) is 5.69 Å². The number of H-pyrrole nitrogens is 1. The predicted molar refractivity (Wildman–Crippen MR) is 106 cm³/mol. The van der Waals surface area contributed by atoms with Crippen molar-refractivity contribution in [1.82, 2.24) is 10.3 Å². The number of amides is 2. The summed E-state index contributed by atoms with van der Waals surface area (Å²) in [5.74, 6) is -0.628. The maximum absolute atomic E-state index is 12.3. The number of carbonyl (C=O) groups excluding carboxylic acids is 2. The third kappa shape index (κ3) is 3.93. The summed E-state index contributed by atoms with van der Waals surface area (Å²) >= 11 is 6.81. The highest BCUT2D eigenvalue weighted by molar-refractivity contribution is 9.11. The second kappa shape index (κ2) is 7.41. The third-order valence-electron chi connectivity index (χ3n) is 3.74. The quantitative estimate of drug-likeness (QED) is 0.536. The van der Waals surface area contributed by atoms with Crippen LogP contribution >= 0.6 is 31.9 Å². The molecule has 0 saturated heterocycles. The zero-order chi connectivity index (χ0) is 18.0. The number of hydrogen-bond donors (Lipinski definition) is 3. The van der Waals surface area contributed by atoms with E-state index in [0.717, 1.165) is 20.9 Å². The van der Waals surface area contributed by atoms with Crippen molar-refractivity contribution in [3.63, 3.8) is 0 Å². The van der Waals surface area contributed by atoms with E-state index in [2.05, 4.69) is 47.5 Å². The highest BCUT2D eigenvalue weighted by atomic mass is 79.9. The molecule has 3 rings (SSSR count). The lowest BCUT2D eigenvalue weighted by Crippen LogP contribution is -2.33. The fraction of sp³-hybridized carbons (Fsp3) is 0.111. The van der Waals surface area contributed by atoms with Gasteiger partial charge in [0.2, 0.25) is 5.91 Å². The largest absolute Gasteiger partial charge is 0.350 e. The van der Waals surface area contributed by atoms with Gasteiger partial charge in [0, 0.05) is 21.1 Å². The van der Waals surface area contributed by atoms with Crippen LogP contribution in [0.25, 0.3) is 10.9 Å². The molecule has 0 aliphatic heterocycles. The first kappa shape index (κ1) is 17.7. The Balaban J connectivity index is 1.65. The SMILES string of the molecule is Cc1cc(Br)ccc1NC(=O)CNC(=O)c1[nH]c2ccccc2c1Br. The number of anilines is 1. The fourth-order valence-corrected chi connectivity index (χ4v) is 3.58. The summed E-state index contributed by atoms with van der Waals surface area (Å²) in [5.41, 5.74) is 2.91. The van der Waals surface area contributed by atoms with E-state index in [9.17, 15) is 9.59 Å². The summed E-state index contributed by atoms with van der Waals surface area (Å²) in [6.07, 6.45) is 0. The summed E-state index contributed by atoms with van der Waals surface area (Å²) in [7, 11) is 0. The summed E-state index contributed by atoms with van der Waals surface area (Å²) in [4.78, 5) is 27.5. The fourth-order valence-electron chi connectivity index (χ4n) is 2.47. The van der Waals surface area contributed by atoms with E-state index in [1.807, 2.05) is 49.4 Å². The van der Waals surface area contributed by atoms with Gasteiger partial charge in [-0.2, -0.15) is 0 Å². The molecule has 0 bridgehead atoms. The van der Waals surface area contributed by atoms with Crippen molar-refractivity contribution in [2.24, 2.45) is 0 Å². The zero-order valence-corrected chi connectivity index (χ0v) is 16.5. The van der Waals surface area contributed by atoms with Gasteiger partial charge < -0.3 is 15.6 Å². The van der Waals surface area contributed by atoms with E-state index in [1.54, 1.807) is 0 Å². The van der Waals surface area contributed by atoms with Gasteiger partial charge in [-0.3, -0.25) is 9.59 Å². The molecular formula is C18H15Br2N3O2. The maximum atomic E-state index is 12.3. The average molecular weight is 465 g/mol. The van der Waals surface area contributed by atoms with E-state index in [-0.39, 0.29) is 18.4 Å². The van der Waals surface area contributed by atoms with E-state index in [1.165, 1.54) is 0 Å². The molecule has 2 aromatic carbocycles. The highest BCUT2D eigenvalue weighted by Gasteiger charge is 2.16. The number of halogens is 2. The molecule has 2 amide bonds. The van der Waals surface area contributed by atoms with Gasteiger partial charge in [0.15, 0.2) is 0 Å². The number of para-hydroxylation sites is 1. The van der Waals surface area contributed by atoms with Crippen LogP contribution in [0.5, 0.6) is 0 Å². The average Bonchev–Trinajstić information content (AvgIpc) is 2.93. The number of aromatic amines is 1. The number of aryl methyl sites for hydroxylation is 1. The van der Waals surface area contributed by atoms with Gasteiger partial charge in [-0.1, -0.05) is 34.1 Å². The topological polar surface area (TPSA) is 74.0 Å². The first-order chi connectivity index (χ1) is 12.0. The van der Waals surface area contributed by atoms with Gasteiger partial charge in [0.25, 0.3) is 5.91 Å². The molecule has 0 fully saturated rings.